The SMILES string of the molecule is NNCc1csc(Cl)c1. The first-order valence-corrected chi connectivity index (χ1v) is 3.75. The largest absolute Gasteiger partial charge is 0.271 e. The Morgan fingerprint density at radius 1 is 1.78 bits per heavy atom. The van der Waals surface area contributed by atoms with Crippen LogP contribution in [0.5, 0.6) is 0 Å². The molecule has 0 aliphatic carbocycles. The Labute approximate surface area is 62.6 Å². The van der Waals surface area contributed by atoms with Gasteiger partial charge in [0.05, 0.1) is 4.34 Å². The zero-order valence-electron chi connectivity index (χ0n) is 4.73. The standard InChI is InChI=1S/C5H7ClN2S/c6-5-1-4(2-8-7)3-9-5/h1,3,8H,2,7H2. The Bertz CT molecular complexity index is 187. The molecule has 0 aromatic carbocycles. The summed E-state index contributed by atoms with van der Waals surface area (Å²) in [7, 11) is 0. The van der Waals surface area contributed by atoms with E-state index in [1.54, 1.807) is 0 Å². The molecule has 1 aromatic rings. The van der Waals surface area contributed by atoms with Crippen LogP contribution in [-0.4, -0.2) is 0 Å². The van der Waals surface area contributed by atoms with Crippen LogP contribution in [0.2, 0.25) is 4.34 Å². The van der Waals surface area contributed by atoms with Gasteiger partial charge in [-0.15, -0.1) is 11.3 Å². The van der Waals surface area contributed by atoms with Crippen LogP contribution in [0.4, 0.5) is 0 Å². The van der Waals surface area contributed by atoms with Gasteiger partial charge in [-0.1, -0.05) is 11.6 Å². The molecule has 0 saturated heterocycles. The molecule has 1 rings (SSSR count). The smallest absolute Gasteiger partial charge is 0.0931 e. The molecule has 0 amide bonds. The molecule has 0 atom stereocenters. The molecule has 0 spiro atoms. The highest BCUT2D eigenvalue weighted by Gasteiger charge is 1.93. The fourth-order valence-corrected chi connectivity index (χ4v) is 1.46. The number of nitrogens with one attached hydrogen (secondary N) is 1. The summed E-state index contributed by atoms with van der Waals surface area (Å²) < 4.78 is 0.806. The maximum absolute atomic E-state index is 5.65. The molecule has 0 radical (unpaired) electrons. The highest BCUT2D eigenvalue weighted by atomic mass is 35.5. The molecular formula is C5H7ClN2S. The molecule has 0 aliphatic heterocycles. The third-order valence-corrected chi connectivity index (χ3v) is 2.07. The van der Waals surface area contributed by atoms with Crippen molar-refractivity contribution >= 4 is 22.9 Å². The predicted molar refractivity (Wildman–Crippen MR) is 40.4 cm³/mol. The first-order valence-electron chi connectivity index (χ1n) is 2.49. The van der Waals surface area contributed by atoms with Crippen LogP contribution in [0.15, 0.2) is 11.4 Å². The molecule has 0 fully saturated rings. The van der Waals surface area contributed by atoms with Crippen molar-refractivity contribution in [3.63, 3.8) is 0 Å². The summed E-state index contributed by atoms with van der Waals surface area (Å²) in [6.07, 6.45) is 0. The summed E-state index contributed by atoms with van der Waals surface area (Å²) in [5.41, 5.74) is 3.68. The van der Waals surface area contributed by atoms with Crippen LogP contribution in [-0.2, 0) is 6.54 Å². The van der Waals surface area contributed by atoms with Gasteiger partial charge in [-0.2, -0.15) is 0 Å². The van der Waals surface area contributed by atoms with E-state index in [1.165, 1.54) is 11.3 Å². The summed E-state index contributed by atoms with van der Waals surface area (Å²) in [6.45, 7) is 0.684. The van der Waals surface area contributed by atoms with E-state index in [0.29, 0.717) is 6.54 Å². The lowest BCUT2D eigenvalue weighted by molar-refractivity contribution is 0.743. The summed E-state index contributed by atoms with van der Waals surface area (Å²) in [5.74, 6) is 5.08. The Balaban J connectivity index is 2.61. The van der Waals surface area contributed by atoms with Gasteiger partial charge in [-0.05, 0) is 17.0 Å². The van der Waals surface area contributed by atoms with Crippen molar-refractivity contribution in [2.24, 2.45) is 5.84 Å². The topological polar surface area (TPSA) is 38.0 Å². The number of rotatable bonds is 2. The molecule has 9 heavy (non-hydrogen) atoms. The molecule has 1 heterocycles. The second-order valence-electron chi connectivity index (χ2n) is 1.64. The van der Waals surface area contributed by atoms with E-state index in [-0.39, 0.29) is 0 Å². The summed E-state index contributed by atoms with van der Waals surface area (Å²) >= 11 is 7.16. The van der Waals surface area contributed by atoms with E-state index >= 15 is 0 Å². The molecule has 0 unspecified atom stereocenters. The third-order valence-electron chi connectivity index (χ3n) is 0.928. The van der Waals surface area contributed by atoms with Crippen molar-refractivity contribution in [1.29, 1.82) is 0 Å². The van der Waals surface area contributed by atoms with Crippen molar-refractivity contribution in [3.8, 4) is 0 Å². The van der Waals surface area contributed by atoms with Gasteiger partial charge in [-0.25, -0.2) is 0 Å². The lowest BCUT2D eigenvalue weighted by Crippen LogP contribution is -2.20. The van der Waals surface area contributed by atoms with Gasteiger partial charge in [0.1, 0.15) is 0 Å². The second-order valence-corrected chi connectivity index (χ2v) is 3.18. The van der Waals surface area contributed by atoms with E-state index in [4.69, 9.17) is 17.4 Å². The molecule has 0 bridgehead atoms. The Hall–Kier alpha value is -0.0900. The first-order chi connectivity index (χ1) is 4.33. The third kappa shape index (κ3) is 1.95. The maximum Gasteiger partial charge on any atom is 0.0931 e. The molecule has 4 heteroatoms. The zero-order valence-corrected chi connectivity index (χ0v) is 6.30. The van der Waals surface area contributed by atoms with Gasteiger partial charge in [0.15, 0.2) is 0 Å². The molecule has 2 nitrogen and oxygen atoms in total. The summed E-state index contributed by atoms with van der Waals surface area (Å²) in [5, 5.41) is 1.97. The first kappa shape index (κ1) is 7.02. The average molecular weight is 163 g/mol. The van der Waals surface area contributed by atoms with Gasteiger partial charge >= 0.3 is 0 Å². The van der Waals surface area contributed by atoms with E-state index in [0.717, 1.165) is 9.90 Å². The summed E-state index contributed by atoms with van der Waals surface area (Å²) in [6, 6.07) is 1.89. The minimum atomic E-state index is 0.684. The minimum Gasteiger partial charge on any atom is -0.271 e. The van der Waals surface area contributed by atoms with Crippen LogP contribution in [0, 0.1) is 0 Å². The number of nitrogens with two attached hydrogens (primary N) is 1. The highest BCUT2D eigenvalue weighted by Crippen LogP contribution is 2.19. The number of hydrazine groups is 1. The van der Waals surface area contributed by atoms with Gasteiger partial charge in [-0.3, -0.25) is 11.3 Å². The Kier molecular flexibility index (Phi) is 2.48. The van der Waals surface area contributed by atoms with Crippen molar-refractivity contribution in [2.75, 3.05) is 0 Å². The van der Waals surface area contributed by atoms with E-state index in [2.05, 4.69) is 5.43 Å². The van der Waals surface area contributed by atoms with Crippen LogP contribution in [0.25, 0.3) is 0 Å². The maximum atomic E-state index is 5.65. The molecule has 0 aliphatic rings. The van der Waals surface area contributed by atoms with Gasteiger partial charge < -0.3 is 0 Å². The van der Waals surface area contributed by atoms with Crippen molar-refractivity contribution in [1.82, 2.24) is 5.43 Å². The van der Waals surface area contributed by atoms with Crippen molar-refractivity contribution in [2.45, 2.75) is 6.54 Å². The van der Waals surface area contributed by atoms with Crippen molar-refractivity contribution < 1.29 is 0 Å². The van der Waals surface area contributed by atoms with Gasteiger partial charge in [0, 0.05) is 6.54 Å². The van der Waals surface area contributed by atoms with Gasteiger partial charge in [0.25, 0.3) is 0 Å². The number of thiophene rings is 1. The molecule has 3 N–H and O–H groups in total. The fourth-order valence-electron chi connectivity index (χ4n) is 0.556. The molecule has 0 saturated carbocycles. The van der Waals surface area contributed by atoms with Crippen LogP contribution in [0.3, 0.4) is 0 Å². The number of halogens is 1. The normalized spacial score (nSPS) is 10.0. The van der Waals surface area contributed by atoms with Crippen molar-refractivity contribution in [3.05, 3.63) is 21.3 Å². The predicted octanol–water partition coefficient (Wildman–Crippen LogP) is 1.36. The monoisotopic (exact) mass is 162 g/mol. The van der Waals surface area contributed by atoms with Crippen LogP contribution in [0.1, 0.15) is 5.56 Å². The lowest BCUT2D eigenvalue weighted by Gasteiger charge is -1.90. The average Bonchev–Trinajstić information content (AvgIpc) is 2.17. The fraction of sp³-hybridized carbons (Fsp3) is 0.200. The van der Waals surface area contributed by atoms with E-state index in [9.17, 15) is 0 Å². The number of hydrogen-bond acceptors (Lipinski definition) is 3. The summed E-state index contributed by atoms with van der Waals surface area (Å²) in [4.78, 5) is 0. The lowest BCUT2D eigenvalue weighted by atomic mass is 10.3. The van der Waals surface area contributed by atoms with Crippen LogP contribution >= 0.6 is 22.9 Å². The second kappa shape index (κ2) is 3.17. The molecule has 1 aromatic heterocycles. The minimum absolute atomic E-state index is 0.684. The number of hydrogen-bond donors (Lipinski definition) is 2. The van der Waals surface area contributed by atoms with E-state index in [1.807, 2.05) is 11.4 Å². The quantitative estimate of drug-likeness (QED) is 0.509. The van der Waals surface area contributed by atoms with E-state index < -0.39 is 0 Å². The van der Waals surface area contributed by atoms with Gasteiger partial charge in [0.2, 0.25) is 0 Å². The Morgan fingerprint density at radius 3 is 3.00 bits per heavy atom. The zero-order chi connectivity index (χ0) is 6.69. The Morgan fingerprint density at radius 2 is 2.56 bits per heavy atom. The molecule has 50 valence electrons. The van der Waals surface area contributed by atoms with Crippen LogP contribution < -0.4 is 11.3 Å². The molecular weight excluding hydrogens is 156 g/mol. The highest BCUT2D eigenvalue weighted by molar-refractivity contribution is 7.14.